The summed E-state index contributed by atoms with van der Waals surface area (Å²) in [7, 11) is 0. The van der Waals surface area contributed by atoms with Crippen LogP contribution >= 0.6 is 11.6 Å². The monoisotopic (exact) mass is 308 g/mol. The molecule has 1 aliphatic rings. The van der Waals surface area contributed by atoms with Gasteiger partial charge in [-0.1, -0.05) is 37.9 Å². The van der Waals surface area contributed by atoms with Crippen molar-refractivity contribution in [1.82, 2.24) is 5.32 Å². The predicted molar refractivity (Wildman–Crippen MR) is 84.5 cm³/mol. The summed E-state index contributed by atoms with van der Waals surface area (Å²) in [5.41, 5.74) is 1.61. The molecule has 0 radical (unpaired) electrons. The number of nitrogens with zero attached hydrogens (tertiary/aromatic N) is 1. The maximum Gasteiger partial charge on any atom is 0.250 e. The lowest BCUT2D eigenvalue weighted by Crippen LogP contribution is -2.64. The molecule has 5 heteroatoms. The topological polar surface area (TPSA) is 49.4 Å². The van der Waals surface area contributed by atoms with Crippen molar-refractivity contribution in [1.29, 1.82) is 0 Å². The van der Waals surface area contributed by atoms with Crippen LogP contribution in [0, 0.1) is 12.8 Å². The molecular formula is C16H21ClN2O2. The number of nitrogens with one attached hydrogen (secondary N) is 1. The largest absolute Gasteiger partial charge is 0.342 e. The minimum Gasteiger partial charge on any atom is -0.342 e. The second kappa shape index (κ2) is 6.06. The average Bonchev–Trinajstić information content (AvgIpc) is 2.46. The molecule has 4 nitrogen and oxygen atoms in total. The van der Waals surface area contributed by atoms with Gasteiger partial charge in [0.2, 0.25) is 5.91 Å². The van der Waals surface area contributed by atoms with Gasteiger partial charge in [-0.2, -0.15) is 0 Å². The van der Waals surface area contributed by atoms with Gasteiger partial charge in [-0.3, -0.25) is 14.5 Å². The summed E-state index contributed by atoms with van der Waals surface area (Å²) >= 11 is 6.24. The van der Waals surface area contributed by atoms with Gasteiger partial charge in [0.25, 0.3) is 5.91 Å². The van der Waals surface area contributed by atoms with Crippen LogP contribution in [0.4, 0.5) is 5.69 Å². The Morgan fingerprint density at radius 3 is 2.67 bits per heavy atom. The van der Waals surface area contributed by atoms with Gasteiger partial charge in [0.15, 0.2) is 0 Å². The van der Waals surface area contributed by atoms with Crippen LogP contribution in [-0.2, 0) is 9.59 Å². The van der Waals surface area contributed by atoms with Crippen LogP contribution < -0.4 is 10.2 Å². The molecule has 1 aromatic rings. The Morgan fingerprint density at radius 1 is 1.38 bits per heavy atom. The number of anilines is 1. The Bertz CT molecular complexity index is 573. The van der Waals surface area contributed by atoms with Crippen molar-refractivity contribution in [3.63, 3.8) is 0 Å². The molecule has 114 valence electrons. The van der Waals surface area contributed by atoms with E-state index in [1.807, 2.05) is 32.9 Å². The van der Waals surface area contributed by atoms with Crippen LogP contribution in [0.25, 0.3) is 0 Å². The van der Waals surface area contributed by atoms with E-state index in [0.717, 1.165) is 12.0 Å². The van der Waals surface area contributed by atoms with E-state index < -0.39 is 12.1 Å². The van der Waals surface area contributed by atoms with Crippen molar-refractivity contribution in [2.45, 2.75) is 46.2 Å². The van der Waals surface area contributed by atoms with Crippen LogP contribution in [0.3, 0.4) is 0 Å². The molecule has 21 heavy (non-hydrogen) atoms. The van der Waals surface area contributed by atoms with Crippen LogP contribution in [0.1, 0.15) is 32.8 Å². The Labute approximate surface area is 130 Å². The molecule has 0 bridgehead atoms. The molecule has 1 aliphatic heterocycles. The van der Waals surface area contributed by atoms with E-state index in [-0.39, 0.29) is 17.7 Å². The van der Waals surface area contributed by atoms with Gasteiger partial charge in [-0.05, 0) is 37.5 Å². The molecule has 1 fully saturated rings. The fraction of sp³-hybridized carbons (Fsp3) is 0.500. The van der Waals surface area contributed by atoms with Gasteiger partial charge in [0.05, 0.1) is 10.7 Å². The maximum absolute atomic E-state index is 12.8. The summed E-state index contributed by atoms with van der Waals surface area (Å²) in [5.74, 6) is -0.151. The number of benzene rings is 1. The molecule has 1 N–H and O–H groups in total. The second-order valence-corrected chi connectivity index (χ2v) is 6.12. The highest BCUT2D eigenvalue weighted by Crippen LogP contribution is 2.31. The lowest BCUT2D eigenvalue weighted by molar-refractivity contribution is -0.134. The zero-order valence-corrected chi connectivity index (χ0v) is 13.6. The Morgan fingerprint density at radius 2 is 2.05 bits per heavy atom. The van der Waals surface area contributed by atoms with Crippen molar-refractivity contribution >= 4 is 29.1 Å². The van der Waals surface area contributed by atoms with Crippen molar-refractivity contribution in [3.8, 4) is 0 Å². The first kappa shape index (κ1) is 15.8. The molecule has 0 saturated carbocycles. The van der Waals surface area contributed by atoms with E-state index in [4.69, 9.17) is 11.6 Å². The number of amides is 2. The van der Waals surface area contributed by atoms with E-state index in [1.54, 1.807) is 13.0 Å². The highest BCUT2D eigenvalue weighted by molar-refractivity contribution is 6.34. The third kappa shape index (κ3) is 2.91. The molecule has 3 atom stereocenters. The van der Waals surface area contributed by atoms with E-state index in [1.165, 1.54) is 4.90 Å². The smallest absolute Gasteiger partial charge is 0.250 e. The van der Waals surface area contributed by atoms with Crippen molar-refractivity contribution in [2.75, 3.05) is 4.90 Å². The van der Waals surface area contributed by atoms with Crippen molar-refractivity contribution < 1.29 is 9.59 Å². The molecule has 1 aromatic carbocycles. The van der Waals surface area contributed by atoms with Gasteiger partial charge in [0.1, 0.15) is 12.1 Å². The fourth-order valence-electron chi connectivity index (χ4n) is 2.55. The first-order valence-corrected chi connectivity index (χ1v) is 7.64. The first-order chi connectivity index (χ1) is 9.86. The van der Waals surface area contributed by atoms with E-state index >= 15 is 0 Å². The highest BCUT2D eigenvalue weighted by atomic mass is 35.5. The average molecular weight is 309 g/mol. The summed E-state index contributed by atoms with van der Waals surface area (Å²) < 4.78 is 0. The van der Waals surface area contributed by atoms with Crippen LogP contribution in [0.5, 0.6) is 0 Å². The molecule has 1 saturated heterocycles. The SMILES string of the molecule is CCC(C)C1NC(=O)C(C)N(c2cc(C)ccc2Cl)C1=O. The summed E-state index contributed by atoms with van der Waals surface area (Å²) in [6.45, 7) is 7.63. The normalized spacial score (nSPS) is 24.0. The zero-order valence-electron chi connectivity index (χ0n) is 12.8. The number of rotatable bonds is 3. The Hall–Kier alpha value is -1.55. The number of aryl methyl sites for hydroxylation is 1. The molecular weight excluding hydrogens is 288 g/mol. The minimum atomic E-state index is -0.558. The minimum absolute atomic E-state index is 0.0834. The standard InChI is InChI=1S/C16H21ClN2O2/c1-5-10(3)14-16(21)19(11(4)15(20)18-14)13-8-9(2)6-7-12(13)17/h6-8,10-11,14H,5H2,1-4H3,(H,18,20). The van der Waals surface area contributed by atoms with E-state index in [0.29, 0.717) is 10.7 Å². The van der Waals surface area contributed by atoms with Gasteiger partial charge in [-0.15, -0.1) is 0 Å². The quantitative estimate of drug-likeness (QED) is 0.933. The van der Waals surface area contributed by atoms with Gasteiger partial charge in [0, 0.05) is 0 Å². The van der Waals surface area contributed by atoms with Crippen molar-refractivity contribution in [2.24, 2.45) is 5.92 Å². The van der Waals surface area contributed by atoms with E-state index in [9.17, 15) is 9.59 Å². The molecule has 2 amide bonds. The van der Waals surface area contributed by atoms with Gasteiger partial charge < -0.3 is 5.32 Å². The number of piperazine rings is 1. The van der Waals surface area contributed by atoms with Crippen LogP contribution in [0.15, 0.2) is 18.2 Å². The highest BCUT2D eigenvalue weighted by Gasteiger charge is 2.41. The number of halogens is 1. The van der Waals surface area contributed by atoms with Crippen LogP contribution in [-0.4, -0.2) is 23.9 Å². The van der Waals surface area contributed by atoms with Crippen molar-refractivity contribution in [3.05, 3.63) is 28.8 Å². The molecule has 2 rings (SSSR count). The third-order valence-corrected chi connectivity index (χ3v) is 4.46. The summed E-state index contributed by atoms with van der Waals surface area (Å²) in [4.78, 5) is 26.5. The Balaban J connectivity index is 2.46. The van der Waals surface area contributed by atoms with E-state index in [2.05, 4.69) is 5.32 Å². The predicted octanol–water partition coefficient (Wildman–Crippen LogP) is 2.91. The maximum atomic E-state index is 12.8. The zero-order chi connectivity index (χ0) is 15.7. The lowest BCUT2D eigenvalue weighted by atomic mass is 9.94. The summed E-state index contributed by atoms with van der Waals surface area (Å²) in [5, 5.41) is 3.31. The van der Waals surface area contributed by atoms with Gasteiger partial charge >= 0.3 is 0 Å². The number of hydrogen-bond donors (Lipinski definition) is 1. The first-order valence-electron chi connectivity index (χ1n) is 7.26. The number of carbonyl (C=O) groups is 2. The fourth-order valence-corrected chi connectivity index (χ4v) is 2.76. The van der Waals surface area contributed by atoms with Gasteiger partial charge in [-0.25, -0.2) is 0 Å². The molecule has 1 heterocycles. The number of carbonyl (C=O) groups excluding carboxylic acids is 2. The summed E-state index contributed by atoms with van der Waals surface area (Å²) in [6, 6.07) is 4.45. The molecule has 0 aromatic heterocycles. The third-order valence-electron chi connectivity index (χ3n) is 4.14. The second-order valence-electron chi connectivity index (χ2n) is 5.71. The number of hydrogen-bond acceptors (Lipinski definition) is 2. The molecule has 0 aliphatic carbocycles. The summed E-state index contributed by atoms with van der Waals surface area (Å²) in [6.07, 6.45) is 0.820. The molecule has 3 unspecified atom stereocenters. The Kier molecular flexibility index (Phi) is 4.57. The molecule has 0 spiro atoms. The lowest BCUT2D eigenvalue weighted by Gasteiger charge is -2.39. The van der Waals surface area contributed by atoms with Crippen LogP contribution in [0.2, 0.25) is 5.02 Å².